The first kappa shape index (κ1) is 14.8. The monoisotopic (exact) mass is 264 g/mol. The summed E-state index contributed by atoms with van der Waals surface area (Å²) in [4.78, 5) is 11.1. The Kier molecular flexibility index (Phi) is 5.47. The Morgan fingerprint density at radius 3 is 2.39 bits per heavy atom. The molecule has 98 valence electrons. The van der Waals surface area contributed by atoms with Crippen molar-refractivity contribution in [3.8, 4) is 0 Å². The number of allylic oxidation sites excluding steroid dienone is 1. The van der Waals surface area contributed by atoms with Crippen LogP contribution in [-0.4, -0.2) is 14.4 Å². The van der Waals surface area contributed by atoms with Gasteiger partial charge in [-0.2, -0.15) is 0 Å². The van der Waals surface area contributed by atoms with Crippen LogP contribution < -0.4 is 5.19 Å². The van der Waals surface area contributed by atoms with E-state index in [4.69, 9.17) is 0 Å². The summed E-state index contributed by atoms with van der Waals surface area (Å²) in [6, 6.07) is 6.65. The van der Waals surface area contributed by atoms with Gasteiger partial charge >= 0.3 is 0 Å². The molecule has 1 aromatic rings. The predicted molar refractivity (Wildman–Crippen MR) is 77.2 cm³/mol. The quantitative estimate of drug-likeness (QED) is 0.436. The third-order valence-electron chi connectivity index (χ3n) is 3.10. The zero-order valence-electron chi connectivity index (χ0n) is 11.4. The number of aldehydes is 1. The van der Waals surface area contributed by atoms with E-state index in [9.17, 15) is 9.18 Å². The largest absolute Gasteiger partial charge is 0.298 e. The highest BCUT2D eigenvalue weighted by atomic mass is 28.3. The molecule has 0 unspecified atom stereocenters. The molecule has 0 aliphatic rings. The van der Waals surface area contributed by atoms with E-state index in [2.05, 4.69) is 25.7 Å². The molecule has 1 aromatic carbocycles. The first-order chi connectivity index (χ1) is 8.49. The van der Waals surface area contributed by atoms with Crippen molar-refractivity contribution in [2.24, 2.45) is 0 Å². The fourth-order valence-electron chi connectivity index (χ4n) is 1.97. The van der Waals surface area contributed by atoms with Gasteiger partial charge in [-0.3, -0.25) is 4.79 Å². The topological polar surface area (TPSA) is 17.1 Å². The molecule has 0 radical (unpaired) electrons. The first-order valence-electron chi connectivity index (χ1n) is 6.42. The van der Waals surface area contributed by atoms with Gasteiger partial charge in [-0.05, 0) is 30.5 Å². The van der Waals surface area contributed by atoms with Gasteiger partial charge in [0.2, 0.25) is 0 Å². The highest BCUT2D eigenvalue weighted by Crippen LogP contribution is 2.12. The standard InChI is InChI=1S/C15H21FOSi/c1-4-5-6-13(11-17)12-18(2,3)15-9-7-14(16)8-10-15/h7-12H,4-6H2,1-3H3/b13-12-. The number of benzene rings is 1. The van der Waals surface area contributed by atoms with Crippen LogP contribution in [0.4, 0.5) is 4.39 Å². The van der Waals surface area contributed by atoms with Crippen LogP contribution in [0.5, 0.6) is 0 Å². The highest BCUT2D eigenvalue weighted by molar-refractivity contribution is 6.94. The number of rotatable bonds is 6. The molecule has 0 aliphatic carbocycles. The van der Waals surface area contributed by atoms with E-state index >= 15 is 0 Å². The molecule has 0 saturated heterocycles. The van der Waals surface area contributed by atoms with Gasteiger partial charge in [-0.1, -0.05) is 49.5 Å². The molecule has 0 amide bonds. The number of carbonyl (C=O) groups excluding carboxylic acids is 1. The van der Waals surface area contributed by atoms with E-state index in [-0.39, 0.29) is 5.82 Å². The maximum absolute atomic E-state index is 12.9. The minimum atomic E-state index is -1.80. The van der Waals surface area contributed by atoms with Gasteiger partial charge in [-0.25, -0.2) is 4.39 Å². The SMILES string of the molecule is CCCC/C(C=O)=C/[Si](C)(C)c1ccc(F)cc1. The van der Waals surface area contributed by atoms with Crippen molar-refractivity contribution >= 4 is 19.5 Å². The smallest absolute Gasteiger partial charge is 0.145 e. The zero-order chi connectivity index (χ0) is 13.6. The van der Waals surface area contributed by atoms with Crippen LogP contribution in [0.3, 0.4) is 0 Å². The summed E-state index contributed by atoms with van der Waals surface area (Å²) in [7, 11) is -1.80. The summed E-state index contributed by atoms with van der Waals surface area (Å²) in [5, 5.41) is 1.15. The van der Waals surface area contributed by atoms with E-state index in [1.807, 2.05) is 12.1 Å². The van der Waals surface area contributed by atoms with Crippen LogP contribution >= 0.6 is 0 Å². The van der Waals surface area contributed by atoms with Crippen molar-refractivity contribution in [1.29, 1.82) is 0 Å². The molecule has 1 nitrogen and oxygen atoms in total. The first-order valence-corrected chi connectivity index (χ1v) is 9.50. The van der Waals surface area contributed by atoms with Gasteiger partial charge in [0.05, 0.1) is 0 Å². The van der Waals surface area contributed by atoms with E-state index in [1.54, 1.807) is 0 Å². The molecular formula is C15H21FOSi. The van der Waals surface area contributed by atoms with Crippen molar-refractivity contribution in [2.45, 2.75) is 39.3 Å². The maximum atomic E-state index is 12.9. The third-order valence-corrected chi connectivity index (χ3v) is 6.02. The van der Waals surface area contributed by atoms with Crippen LogP contribution in [0.1, 0.15) is 26.2 Å². The zero-order valence-corrected chi connectivity index (χ0v) is 12.4. The molecule has 0 aromatic heterocycles. The molecule has 0 bridgehead atoms. The molecule has 0 fully saturated rings. The number of unbranched alkanes of at least 4 members (excludes halogenated alkanes) is 1. The Bertz CT molecular complexity index is 421. The average Bonchev–Trinajstić information content (AvgIpc) is 2.35. The summed E-state index contributed by atoms with van der Waals surface area (Å²) >= 11 is 0. The van der Waals surface area contributed by atoms with Gasteiger partial charge < -0.3 is 0 Å². The van der Waals surface area contributed by atoms with Crippen LogP contribution in [-0.2, 0) is 4.79 Å². The molecule has 3 heteroatoms. The van der Waals surface area contributed by atoms with Crippen LogP contribution in [0.25, 0.3) is 0 Å². The van der Waals surface area contributed by atoms with Crippen LogP contribution in [0.2, 0.25) is 13.1 Å². The number of hydrogen-bond acceptors (Lipinski definition) is 1. The van der Waals surface area contributed by atoms with Crippen molar-refractivity contribution < 1.29 is 9.18 Å². The lowest BCUT2D eigenvalue weighted by molar-refractivity contribution is -0.105. The Labute approximate surface area is 110 Å². The maximum Gasteiger partial charge on any atom is 0.145 e. The molecule has 18 heavy (non-hydrogen) atoms. The van der Waals surface area contributed by atoms with Gasteiger partial charge in [0, 0.05) is 0 Å². The fraction of sp³-hybridized carbons (Fsp3) is 0.400. The Morgan fingerprint density at radius 1 is 1.28 bits per heavy atom. The van der Waals surface area contributed by atoms with Gasteiger partial charge in [0.25, 0.3) is 0 Å². The summed E-state index contributed by atoms with van der Waals surface area (Å²) in [6.45, 7) is 6.47. The molecule has 0 saturated carbocycles. The Balaban J connectivity index is 2.93. The van der Waals surface area contributed by atoms with E-state index in [0.717, 1.165) is 36.3 Å². The molecule has 1 rings (SSSR count). The second-order valence-corrected chi connectivity index (χ2v) is 9.48. The van der Waals surface area contributed by atoms with E-state index < -0.39 is 8.07 Å². The molecule has 0 N–H and O–H groups in total. The van der Waals surface area contributed by atoms with Crippen molar-refractivity contribution in [3.05, 3.63) is 41.4 Å². The lowest BCUT2D eigenvalue weighted by Gasteiger charge is -2.19. The Hall–Kier alpha value is -1.22. The summed E-state index contributed by atoms with van der Waals surface area (Å²) in [5.74, 6) is -0.214. The second-order valence-electron chi connectivity index (χ2n) is 5.17. The van der Waals surface area contributed by atoms with Gasteiger partial charge in [0.15, 0.2) is 0 Å². The molecule has 0 atom stereocenters. The lowest BCUT2D eigenvalue weighted by atomic mass is 10.1. The normalized spacial score (nSPS) is 12.6. The van der Waals surface area contributed by atoms with Gasteiger partial charge in [-0.15, -0.1) is 0 Å². The Morgan fingerprint density at radius 2 is 1.89 bits per heavy atom. The number of hydrogen-bond donors (Lipinski definition) is 0. The molecular weight excluding hydrogens is 243 g/mol. The fourth-order valence-corrected chi connectivity index (χ4v) is 4.30. The molecule has 0 aliphatic heterocycles. The minimum absolute atomic E-state index is 0.214. The minimum Gasteiger partial charge on any atom is -0.298 e. The highest BCUT2D eigenvalue weighted by Gasteiger charge is 2.21. The summed E-state index contributed by atoms with van der Waals surface area (Å²) in [6.07, 6.45) is 3.94. The third kappa shape index (κ3) is 4.22. The second kappa shape index (κ2) is 6.64. The average molecular weight is 264 g/mol. The van der Waals surface area contributed by atoms with E-state index in [1.165, 1.54) is 12.1 Å². The van der Waals surface area contributed by atoms with Crippen molar-refractivity contribution in [3.63, 3.8) is 0 Å². The molecule has 0 heterocycles. The van der Waals surface area contributed by atoms with Crippen LogP contribution in [0, 0.1) is 5.82 Å². The lowest BCUT2D eigenvalue weighted by Crippen LogP contribution is -2.40. The van der Waals surface area contributed by atoms with Crippen molar-refractivity contribution in [2.75, 3.05) is 0 Å². The summed E-state index contributed by atoms with van der Waals surface area (Å²) in [5.41, 5.74) is 3.01. The summed E-state index contributed by atoms with van der Waals surface area (Å²) < 4.78 is 12.9. The number of carbonyl (C=O) groups is 1. The molecule has 0 spiro atoms. The van der Waals surface area contributed by atoms with Crippen molar-refractivity contribution in [1.82, 2.24) is 0 Å². The van der Waals surface area contributed by atoms with Crippen LogP contribution in [0.15, 0.2) is 35.5 Å². The van der Waals surface area contributed by atoms with E-state index in [0.29, 0.717) is 0 Å². The van der Waals surface area contributed by atoms with Gasteiger partial charge in [0.1, 0.15) is 20.2 Å². The predicted octanol–water partition coefficient (Wildman–Crippen LogP) is 3.60. The number of halogens is 1.